The number of aromatic nitrogens is 2. The van der Waals surface area contributed by atoms with Crippen molar-refractivity contribution in [3.05, 3.63) is 89.2 Å². The van der Waals surface area contributed by atoms with E-state index in [0.29, 0.717) is 27.8 Å². The normalized spacial score (nSPS) is 13.2. The Kier molecular flexibility index (Phi) is 7.85. The molecule has 4 nitrogen and oxygen atoms in total. The predicted octanol–water partition coefficient (Wildman–Crippen LogP) is 7.39. The third-order valence-electron chi connectivity index (χ3n) is 7.81. The van der Waals surface area contributed by atoms with Crippen molar-refractivity contribution >= 4 is 24.3 Å². The van der Waals surface area contributed by atoms with Crippen molar-refractivity contribution in [1.82, 2.24) is 9.97 Å². The van der Waals surface area contributed by atoms with Gasteiger partial charge in [-0.1, -0.05) is 71.9 Å². The van der Waals surface area contributed by atoms with Crippen LogP contribution in [0.2, 0.25) is 16.6 Å². The molecule has 4 rings (SSSR count). The van der Waals surface area contributed by atoms with Crippen LogP contribution in [-0.4, -0.2) is 23.1 Å². The Hall–Kier alpha value is -3.03. The topological polar surface area (TPSA) is 58.1 Å². The number of nitrogens with one attached hydrogen (secondary N) is 1. The summed E-state index contributed by atoms with van der Waals surface area (Å²) < 4.78 is 35.8. The molecule has 0 radical (unpaired) electrons. The molecule has 4 aromatic rings. The number of H-pyrrole nitrogens is 1. The second-order valence-electron chi connectivity index (χ2n) is 10.7. The summed E-state index contributed by atoms with van der Waals surface area (Å²) in [6.45, 7) is 13.7. The van der Waals surface area contributed by atoms with Gasteiger partial charge in [-0.2, -0.15) is 0 Å². The summed E-state index contributed by atoms with van der Waals surface area (Å²) in [7, 11) is -2.15. The second-order valence-corrected chi connectivity index (χ2v) is 16.6. The van der Waals surface area contributed by atoms with Gasteiger partial charge in [-0.05, 0) is 39.5 Å². The van der Waals surface area contributed by atoms with Crippen LogP contribution in [0.5, 0.6) is 5.75 Å². The number of ether oxygens (including phenoxy) is 1. The number of pyridine rings is 1. The van der Waals surface area contributed by atoms with Gasteiger partial charge in [0.05, 0.1) is 8.07 Å². The van der Waals surface area contributed by atoms with E-state index in [1.807, 2.05) is 30.3 Å². The zero-order valence-corrected chi connectivity index (χ0v) is 23.3. The van der Waals surface area contributed by atoms with E-state index in [1.54, 1.807) is 12.4 Å². The predicted molar refractivity (Wildman–Crippen MR) is 148 cm³/mol. The first-order valence-corrected chi connectivity index (χ1v) is 15.1. The van der Waals surface area contributed by atoms with Gasteiger partial charge < -0.3 is 14.8 Å². The van der Waals surface area contributed by atoms with Gasteiger partial charge in [-0.25, -0.2) is 13.8 Å². The van der Waals surface area contributed by atoms with E-state index >= 15 is 8.78 Å². The highest BCUT2D eigenvalue weighted by molar-refractivity contribution is 6.96. The molecule has 1 atom stereocenters. The highest BCUT2D eigenvalue weighted by Gasteiger charge is 2.46. The highest BCUT2D eigenvalue weighted by Crippen LogP contribution is 2.43. The summed E-state index contributed by atoms with van der Waals surface area (Å²) in [4.78, 5) is 7.67. The number of nitrogens with zero attached hydrogens (tertiary/aromatic N) is 1. The number of aromatic amines is 1. The summed E-state index contributed by atoms with van der Waals surface area (Å²) in [5.74, 6) is -1.64. The summed E-state index contributed by atoms with van der Waals surface area (Å²) in [5.41, 5.74) is 3.14. The molecule has 0 aliphatic carbocycles. The van der Waals surface area contributed by atoms with E-state index in [1.165, 1.54) is 5.19 Å². The van der Waals surface area contributed by atoms with Crippen molar-refractivity contribution in [3.63, 3.8) is 0 Å². The fourth-order valence-electron chi connectivity index (χ4n) is 6.36. The van der Waals surface area contributed by atoms with E-state index in [-0.39, 0.29) is 17.9 Å². The number of benzene rings is 2. The van der Waals surface area contributed by atoms with E-state index in [9.17, 15) is 5.11 Å². The third kappa shape index (κ3) is 4.82. The minimum absolute atomic E-state index is 0.114. The second kappa shape index (κ2) is 10.8. The Morgan fingerprint density at radius 2 is 1.54 bits per heavy atom. The smallest absolute Gasteiger partial charge is 0.165 e. The molecule has 0 saturated carbocycles. The Morgan fingerprint density at radius 3 is 2.16 bits per heavy atom. The molecule has 2 N–H and O–H groups in total. The van der Waals surface area contributed by atoms with Crippen LogP contribution in [0, 0.1) is 11.6 Å². The molecule has 0 amide bonds. The quantitative estimate of drug-likeness (QED) is 0.225. The minimum atomic E-state index is -2.15. The molecule has 2 aromatic carbocycles. The van der Waals surface area contributed by atoms with Crippen molar-refractivity contribution in [2.24, 2.45) is 0 Å². The van der Waals surface area contributed by atoms with Gasteiger partial charge >= 0.3 is 0 Å². The first-order valence-electron chi connectivity index (χ1n) is 12.9. The highest BCUT2D eigenvalue weighted by atomic mass is 28.3. The van der Waals surface area contributed by atoms with Crippen molar-refractivity contribution in [2.45, 2.75) is 70.9 Å². The molecule has 0 fully saturated rings. The lowest BCUT2D eigenvalue weighted by Gasteiger charge is -2.44. The molecule has 0 bridgehead atoms. The molecule has 0 spiro atoms. The van der Waals surface area contributed by atoms with Gasteiger partial charge in [0.1, 0.15) is 24.2 Å². The maximum absolute atomic E-state index is 15.3. The molecule has 0 aliphatic heterocycles. The van der Waals surface area contributed by atoms with Crippen molar-refractivity contribution in [3.8, 4) is 5.75 Å². The average Bonchev–Trinajstić information content (AvgIpc) is 3.29. The van der Waals surface area contributed by atoms with Gasteiger partial charge in [0, 0.05) is 35.0 Å². The lowest BCUT2D eigenvalue weighted by atomic mass is 10.0. The average molecular weight is 523 g/mol. The van der Waals surface area contributed by atoms with Gasteiger partial charge in [0.2, 0.25) is 0 Å². The van der Waals surface area contributed by atoms with Crippen LogP contribution >= 0.6 is 0 Å². The van der Waals surface area contributed by atoms with Gasteiger partial charge in [-0.3, -0.25) is 0 Å². The lowest BCUT2D eigenvalue weighted by Crippen LogP contribution is -2.56. The Labute approximate surface area is 218 Å². The molecule has 196 valence electrons. The number of hydrogen-bond donors (Lipinski definition) is 2. The molecule has 2 heterocycles. The fraction of sp³-hybridized carbons (Fsp3) is 0.367. The third-order valence-corrected chi connectivity index (χ3v) is 14.9. The molecule has 37 heavy (non-hydrogen) atoms. The summed E-state index contributed by atoms with van der Waals surface area (Å²) in [6.07, 6.45) is 2.11. The van der Waals surface area contributed by atoms with Crippen LogP contribution in [0.1, 0.15) is 64.3 Å². The number of aliphatic hydroxyl groups is 1. The summed E-state index contributed by atoms with van der Waals surface area (Å²) >= 11 is 0. The number of hydrogen-bond acceptors (Lipinski definition) is 3. The van der Waals surface area contributed by atoms with E-state index < -0.39 is 25.8 Å². The zero-order chi connectivity index (χ0) is 26.9. The molecule has 0 saturated heterocycles. The van der Waals surface area contributed by atoms with Gasteiger partial charge in [-0.15, -0.1) is 0 Å². The minimum Gasteiger partial charge on any atom is -0.486 e. The van der Waals surface area contributed by atoms with Crippen molar-refractivity contribution in [2.75, 3.05) is 0 Å². The zero-order valence-electron chi connectivity index (χ0n) is 22.3. The fourth-order valence-corrected chi connectivity index (χ4v) is 13.3. The maximum atomic E-state index is 15.3. The van der Waals surface area contributed by atoms with Gasteiger partial charge in [0.15, 0.2) is 11.6 Å². The van der Waals surface area contributed by atoms with Crippen LogP contribution in [-0.2, 0) is 6.61 Å². The molecule has 1 unspecified atom stereocenters. The Morgan fingerprint density at radius 1 is 0.892 bits per heavy atom. The van der Waals surface area contributed by atoms with Crippen molar-refractivity contribution in [1.29, 1.82) is 0 Å². The SMILES string of the molecule is CC(C)[Si](c1ccnc2[nH]cc(C(O)c3cc(F)c(OCc4ccccc4)cc3F)c12)(C(C)C)C(C)C. The number of aliphatic hydroxyl groups excluding tert-OH is 1. The Bertz CT molecular complexity index is 1350. The van der Waals surface area contributed by atoms with E-state index in [0.717, 1.165) is 23.1 Å². The van der Waals surface area contributed by atoms with Crippen molar-refractivity contribution < 1.29 is 18.6 Å². The standard InChI is InChI=1S/C30H36F2N2O2Si/c1-18(2)37(19(3)4,20(5)6)27-12-13-33-30-28(27)23(16-34-30)29(35)22-14-25(32)26(15-24(22)31)36-17-21-10-8-7-9-11-21/h7-16,18-20,29,35H,17H2,1-6H3,(H,33,34). The van der Waals surface area contributed by atoms with Crippen LogP contribution < -0.4 is 9.92 Å². The first kappa shape index (κ1) is 27.0. The molecule has 0 aliphatic rings. The largest absolute Gasteiger partial charge is 0.486 e. The van der Waals surface area contributed by atoms with Crippen LogP contribution in [0.25, 0.3) is 11.0 Å². The van der Waals surface area contributed by atoms with E-state index in [4.69, 9.17) is 4.74 Å². The maximum Gasteiger partial charge on any atom is 0.165 e. The molecular weight excluding hydrogens is 486 g/mol. The van der Waals surface area contributed by atoms with Crippen LogP contribution in [0.4, 0.5) is 8.78 Å². The molecule has 7 heteroatoms. The summed E-state index contributed by atoms with van der Waals surface area (Å²) in [6, 6.07) is 13.4. The molecular formula is C30H36F2N2O2Si. The van der Waals surface area contributed by atoms with Crippen LogP contribution in [0.15, 0.2) is 60.9 Å². The number of fused-ring (bicyclic) bond motifs is 1. The lowest BCUT2D eigenvalue weighted by molar-refractivity contribution is 0.214. The first-order chi connectivity index (χ1) is 17.6. The number of rotatable bonds is 9. The summed E-state index contributed by atoms with van der Waals surface area (Å²) in [5, 5.41) is 13.4. The number of halogens is 2. The van der Waals surface area contributed by atoms with E-state index in [2.05, 4.69) is 57.6 Å². The van der Waals surface area contributed by atoms with Crippen LogP contribution in [0.3, 0.4) is 0 Å². The Balaban J connectivity index is 1.77. The molecule has 2 aromatic heterocycles. The monoisotopic (exact) mass is 522 g/mol. The van der Waals surface area contributed by atoms with Gasteiger partial charge in [0.25, 0.3) is 0 Å².